The molecule has 16 aromatic heterocycles. The Morgan fingerprint density at radius 2 is 0.450 bits per heavy atom. The molecular formula is C124H72N16. The fraction of sp³-hybridized carbons (Fsp3) is 0.0645. The van der Waals surface area contributed by atoms with Crippen molar-refractivity contribution in [3.63, 3.8) is 0 Å². The van der Waals surface area contributed by atoms with Gasteiger partial charge in [-0.15, -0.1) is 0 Å². The molecule has 8 aliphatic rings. The lowest BCUT2D eigenvalue weighted by Gasteiger charge is -2.13. The van der Waals surface area contributed by atoms with E-state index in [-0.39, 0.29) is 0 Å². The minimum absolute atomic E-state index is 0.771. The van der Waals surface area contributed by atoms with Gasteiger partial charge < -0.3 is 0 Å². The van der Waals surface area contributed by atoms with Crippen LogP contribution < -0.4 is 0 Å². The minimum atomic E-state index is 0.771. The van der Waals surface area contributed by atoms with Gasteiger partial charge in [0, 0.05) is 99.1 Å². The van der Waals surface area contributed by atoms with Gasteiger partial charge >= 0.3 is 0 Å². The standard InChI is InChI=1S/4C31H18N4/c1-2-5-19-17(4-1)14-24-20(19)8-7-18-15-25-23(28(18)24)10-9-22-21-11-13-32-16-27(21)35-26-6-3-12-33-30(26)34-31(35)29(22)25;1-2-5-19-17(4-1)14-18-7-8-20-21-9-10-23-22-11-13-32-16-27(22)35-26-6-3-12-33-30(26)34-31(35)29(23)25(21)15-24(20)28(18)19;1-2-5-18-17(4-1)14-24-19(18)7-8-20-21-9-10-23-22-11-13-32-16-28(22)35-27-6-3-12-33-30(27)34-31(35)29(23)26(21)15-25(20)24;1-2-5-20-17(4-1)12-18-13-25-19(14-24(18)20)15-26-21(25)7-8-23-22-9-11-32-16-28(22)35-27-6-3-10-33-30(27)34-31(35)29(23)26/h3*1-13,16H,14-15H2;1-11,13-14,16H,12,15H2. The molecule has 0 N–H and O–H groups in total. The highest BCUT2D eigenvalue weighted by Gasteiger charge is 2.37. The summed E-state index contributed by atoms with van der Waals surface area (Å²) in [6, 6.07) is 97.5. The van der Waals surface area contributed by atoms with Crippen molar-refractivity contribution in [2.75, 3.05) is 0 Å². The highest BCUT2D eigenvalue weighted by Crippen LogP contribution is 2.57. The number of fused-ring (bicyclic) bond motifs is 63. The molecule has 16 heteroatoms. The zero-order valence-corrected chi connectivity index (χ0v) is 75.1. The van der Waals surface area contributed by atoms with E-state index < -0.39 is 0 Å². The summed E-state index contributed by atoms with van der Waals surface area (Å²) < 4.78 is 8.98. The fourth-order valence-electron chi connectivity index (χ4n) is 26.3. The van der Waals surface area contributed by atoms with Crippen LogP contribution in [0.3, 0.4) is 0 Å². The van der Waals surface area contributed by atoms with Crippen LogP contribution in [0, 0.1) is 0 Å². The molecule has 12 aromatic carbocycles. The van der Waals surface area contributed by atoms with E-state index in [1.54, 1.807) is 0 Å². The molecule has 0 spiro atoms. The van der Waals surface area contributed by atoms with Gasteiger partial charge in [-0.05, 0) is 329 Å². The molecule has 0 bridgehead atoms. The van der Waals surface area contributed by atoms with Crippen LogP contribution in [0.5, 0.6) is 0 Å². The van der Waals surface area contributed by atoms with Gasteiger partial charge in [-0.1, -0.05) is 182 Å². The van der Waals surface area contributed by atoms with E-state index >= 15 is 0 Å². The topological polar surface area (TPSA) is 172 Å². The summed E-state index contributed by atoms with van der Waals surface area (Å²) in [6.45, 7) is 0. The Balaban J connectivity index is 0.0000000829. The molecule has 16 nitrogen and oxygen atoms in total. The summed E-state index contributed by atoms with van der Waals surface area (Å²) in [5, 5.41) is 14.6. The molecule has 28 aromatic rings. The summed E-state index contributed by atoms with van der Waals surface area (Å²) in [7, 11) is 0. The fourth-order valence-corrected chi connectivity index (χ4v) is 26.3. The molecule has 16 heterocycles. The third kappa shape index (κ3) is 10.1. The predicted molar refractivity (Wildman–Crippen MR) is 559 cm³/mol. The lowest BCUT2D eigenvalue weighted by molar-refractivity contribution is 1.17. The van der Waals surface area contributed by atoms with Gasteiger partial charge in [0.15, 0.2) is 22.6 Å². The summed E-state index contributed by atoms with van der Waals surface area (Å²) in [5.41, 5.74) is 60.2. The van der Waals surface area contributed by atoms with Crippen LogP contribution in [0.25, 0.3) is 243 Å². The van der Waals surface area contributed by atoms with Gasteiger partial charge in [0.25, 0.3) is 0 Å². The number of aromatic nitrogens is 16. The molecule has 140 heavy (non-hydrogen) atoms. The SMILES string of the molecule is c1ccc2c(c1)Cc1c-2ccc2c1-c1ccc3c4ccncc4n4c5cccnc5nc4c3c1C2.c1ccc2c(c1)Cc1c-2ccc2c1Cc1c-2ccc2c3ccncc3n3c4cccnc4nc3c12.c1ccc2c(c1)Cc1cc3c(cc1-2)Cc1c-3ccc2c3ccncc3n3c4cccnc4nc3c12.c1ccc2c(c1)Cc1ccc3c(c1-2)Cc1c-3ccc2c3ccncc3n3c4cccnc4nc3c12. The molecule has 0 saturated carbocycles. The number of imidazole rings is 4. The maximum Gasteiger partial charge on any atom is 0.178 e. The van der Waals surface area contributed by atoms with Crippen molar-refractivity contribution in [3.8, 4) is 89.0 Å². The molecule has 648 valence electrons. The van der Waals surface area contributed by atoms with Crippen molar-refractivity contribution < 1.29 is 0 Å². The molecule has 8 aliphatic carbocycles. The van der Waals surface area contributed by atoms with Crippen molar-refractivity contribution in [1.82, 2.24) is 77.4 Å². The first kappa shape index (κ1) is 75.1. The lowest BCUT2D eigenvalue weighted by Crippen LogP contribution is -1.95. The summed E-state index contributed by atoms with van der Waals surface area (Å²) in [4.78, 5) is 56.4. The van der Waals surface area contributed by atoms with Crippen LogP contribution in [-0.2, 0) is 51.4 Å². The molecule has 0 atom stereocenters. The van der Waals surface area contributed by atoms with Crippen LogP contribution in [0.2, 0.25) is 0 Å². The zero-order chi connectivity index (χ0) is 90.7. The van der Waals surface area contributed by atoms with Crippen molar-refractivity contribution in [3.05, 3.63) is 430 Å². The Labute approximate surface area is 796 Å². The molecule has 0 aliphatic heterocycles. The number of hydrogen-bond donors (Lipinski definition) is 0. The van der Waals surface area contributed by atoms with E-state index in [0.29, 0.717) is 0 Å². The first-order chi connectivity index (χ1) is 69.4. The number of rotatable bonds is 0. The summed E-state index contributed by atoms with van der Waals surface area (Å²) >= 11 is 0. The number of nitrogens with zero attached hydrogens (tertiary/aromatic N) is 16. The molecule has 36 rings (SSSR count). The van der Waals surface area contributed by atoms with Gasteiger partial charge in [0.2, 0.25) is 0 Å². The quantitative estimate of drug-likeness (QED) is 0.132. The Kier molecular flexibility index (Phi) is 14.9. The van der Waals surface area contributed by atoms with Gasteiger partial charge in [-0.3, -0.25) is 37.5 Å². The van der Waals surface area contributed by atoms with Crippen LogP contribution >= 0.6 is 0 Å². The number of hydrogen-bond acceptors (Lipinski definition) is 12. The second-order valence-corrected chi connectivity index (χ2v) is 38.7. The third-order valence-corrected chi connectivity index (χ3v) is 32.0. The summed E-state index contributed by atoms with van der Waals surface area (Å²) in [6.07, 6.45) is 30.3. The first-order valence-corrected chi connectivity index (χ1v) is 48.2. The molecule has 0 fully saturated rings. The van der Waals surface area contributed by atoms with E-state index in [1.807, 2.05) is 98.6 Å². The van der Waals surface area contributed by atoms with Crippen molar-refractivity contribution in [1.29, 1.82) is 0 Å². The zero-order valence-electron chi connectivity index (χ0n) is 75.1. The molecule has 0 unspecified atom stereocenters. The average molecular weight is 1790 g/mol. The van der Waals surface area contributed by atoms with Crippen LogP contribution in [0.15, 0.2) is 341 Å². The normalized spacial score (nSPS) is 13.5. The minimum Gasteiger partial charge on any atom is -0.288 e. The smallest absolute Gasteiger partial charge is 0.178 e. The maximum absolute atomic E-state index is 5.07. The number of pyridine rings is 12. The van der Waals surface area contributed by atoms with Crippen molar-refractivity contribution >= 4 is 154 Å². The van der Waals surface area contributed by atoms with Crippen LogP contribution in [0.1, 0.15) is 89.0 Å². The highest BCUT2D eigenvalue weighted by atomic mass is 15.1. The third-order valence-electron chi connectivity index (χ3n) is 32.0. The van der Waals surface area contributed by atoms with Gasteiger partial charge in [-0.25, -0.2) is 39.9 Å². The highest BCUT2D eigenvalue weighted by molar-refractivity contribution is 6.22. The first-order valence-electron chi connectivity index (χ1n) is 48.2. The van der Waals surface area contributed by atoms with Crippen LogP contribution in [0.4, 0.5) is 0 Å². The number of benzene rings is 12. The Bertz CT molecular complexity index is 10600. The Hall–Kier alpha value is -18.3. The Morgan fingerprint density at radius 1 is 0.171 bits per heavy atom. The summed E-state index contributed by atoms with van der Waals surface area (Å²) in [5.74, 6) is 0. The lowest BCUT2D eigenvalue weighted by atomic mass is 9.94. The van der Waals surface area contributed by atoms with Crippen LogP contribution in [-0.4, -0.2) is 77.4 Å². The monoisotopic (exact) mass is 1780 g/mol. The van der Waals surface area contributed by atoms with E-state index in [0.717, 1.165) is 141 Å². The van der Waals surface area contributed by atoms with Crippen molar-refractivity contribution in [2.45, 2.75) is 51.4 Å². The van der Waals surface area contributed by atoms with Crippen molar-refractivity contribution in [2.24, 2.45) is 0 Å². The van der Waals surface area contributed by atoms with E-state index in [2.05, 4.69) is 300 Å². The van der Waals surface area contributed by atoms with E-state index in [9.17, 15) is 0 Å². The van der Waals surface area contributed by atoms with Gasteiger partial charge in [-0.2, -0.15) is 0 Å². The molecular weight excluding hydrogens is 1710 g/mol. The van der Waals surface area contributed by atoms with E-state index in [4.69, 9.17) is 19.9 Å². The maximum atomic E-state index is 5.07. The van der Waals surface area contributed by atoms with Gasteiger partial charge in [0.1, 0.15) is 22.6 Å². The Morgan fingerprint density at radius 3 is 0.914 bits per heavy atom. The average Bonchev–Trinajstić information content (AvgIpc) is 1.55. The molecule has 0 saturated heterocycles. The second-order valence-electron chi connectivity index (χ2n) is 38.7. The molecule has 0 amide bonds. The largest absolute Gasteiger partial charge is 0.288 e. The van der Waals surface area contributed by atoms with E-state index in [1.165, 1.54) is 243 Å². The second kappa shape index (κ2) is 27.7. The van der Waals surface area contributed by atoms with Gasteiger partial charge in [0.05, 0.1) is 68.9 Å². The molecule has 0 radical (unpaired) electrons. The predicted octanol–water partition coefficient (Wildman–Crippen LogP) is 26.9.